The van der Waals surface area contributed by atoms with Gasteiger partial charge in [0.2, 0.25) is 0 Å². The lowest BCUT2D eigenvalue weighted by Crippen LogP contribution is -2.44. The molecule has 2 heterocycles. The van der Waals surface area contributed by atoms with Crippen LogP contribution in [0.4, 0.5) is 0 Å². The normalized spacial score (nSPS) is 31.3. The summed E-state index contributed by atoms with van der Waals surface area (Å²) in [5.41, 5.74) is 0. The molecule has 2 rings (SSSR count). The second-order valence-corrected chi connectivity index (χ2v) is 3.22. The van der Waals surface area contributed by atoms with E-state index in [4.69, 9.17) is 0 Å². The predicted molar refractivity (Wildman–Crippen MR) is 45.5 cm³/mol. The number of hydrazone groups is 1. The zero-order valence-electron chi connectivity index (χ0n) is 6.79. The van der Waals surface area contributed by atoms with Gasteiger partial charge in [0.15, 0.2) is 0 Å². The fourth-order valence-electron chi connectivity index (χ4n) is 1.73. The molecule has 0 bridgehead atoms. The van der Waals surface area contributed by atoms with Crippen molar-refractivity contribution in [1.29, 1.82) is 0 Å². The monoisotopic (exact) mass is 153 g/mol. The van der Waals surface area contributed by atoms with E-state index in [1.807, 2.05) is 6.21 Å². The highest BCUT2D eigenvalue weighted by Gasteiger charge is 2.19. The lowest BCUT2D eigenvalue weighted by molar-refractivity contribution is 0.158. The molecule has 1 atom stereocenters. The van der Waals surface area contributed by atoms with E-state index < -0.39 is 0 Å². The van der Waals surface area contributed by atoms with Gasteiger partial charge in [0.1, 0.15) is 0 Å². The molecule has 0 amide bonds. The van der Waals surface area contributed by atoms with E-state index in [1.165, 1.54) is 19.3 Å². The highest BCUT2D eigenvalue weighted by atomic mass is 15.5. The topological polar surface area (TPSA) is 27.6 Å². The number of hydrogen-bond acceptors (Lipinski definition) is 3. The summed E-state index contributed by atoms with van der Waals surface area (Å²) < 4.78 is 0. The van der Waals surface area contributed by atoms with E-state index in [-0.39, 0.29) is 0 Å². The Morgan fingerprint density at radius 2 is 2.45 bits per heavy atom. The molecule has 1 unspecified atom stereocenters. The Morgan fingerprint density at radius 1 is 1.45 bits per heavy atom. The molecule has 0 aliphatic carbocycles. The van der Waals surface area contributed by atoms with Gasteiger partial charge in [0, 0.05) is 19.2 Å². The summed E-state index contributed by atoms with van der Waals surface area (Å²) in [5.74, 6) is 0. The largest absolute Gasteiger partial charge is 0.296 e. The molecule has 1 N–H and O–H groups in total. The van der Waals surface area contributed by atoms with Gasteiger partial charge in [-0.2, -0.15) is 5.10 Å². The molecule has 0 spiro atoms. The summed E-state index contributed by atoms with van der Waals surface area (Å²) in [4.78, 5) is 0. The van der Waals surface area contributed by atoms with Crippen molar-refractivity contribution >= 4 is 6.21 Å². The van der Waals surface area contributed by atoms with E-state index in [0.29, 0.717) is 6.17 Å². The quantitative estimate of drug-likeness (QED) is 0.602. The average Bonchev–Trinajstić information content (AvgIpc) is 2.58. The SMILES string of the molecule is C1=NN(C2CCCCN2)CC1. The van der Waals surface area contributed by atoms with Gasteiger partial charge in [-0.25, -0.2) is 0 Å². The van der Waals surface area contributed by atoms with Crippen molar-refractivity contribution in [1.82, 2.24) is 10.3 Å². The fraction of sp³-hybridized carbons (Fsp3) is 0.875. The maximum atomic E-state index is 4.31. The molecule has 2 aliphatic rings. The summed E-state index contributed by atoms with van der Waals surface area (Å²) in [5, 5.41) is 9.96. The first-order valence-corrected chi connectivity index (χ1v) is 4.49. The van der Waals surface area contributed by atoms with Crippen LogP contribution in [-0.4, -0.2) is 30.5 Å². The minimum absolute atomic E-state index is 0.530. The molecule has 3 nitrogen and oxygen atoms in total. The van der Waals surface area contributed by atoms with Crippen LogP contribution in [0.5, 0.6) is 0 Å². The zero-order valence-corrected chi connectivity index (χ0v) is 6.79. The minimum Gasteiger partial charge on any atom is -0.296 e. The van der Waals surface area contributed by atoms with Crippen LogP contribution in [0, 0.1) is 0 Å². The summed E-state index contributed by atoms with van der Waals surface area (Å²) >= 11 is 0. The van der Waals surface area contributed by atoms with Crippen molar-refractivity contribution in [3.05, 3.63) is 0 Å². The molecule has 1 saturated heterocycles. The van der Waals surface area contributed by atoms with E-state index >= 15 is 0 Å². The van der Waals surface area contributed by atoms with Crippen molar-refractivity contribution in [3.8, 4) is 0 Å². The summed E-state index contributed by atoms with van der Waals surface area (Å²) in [7, 11) is 0. The molecule has 0 aromatic rings. The lowest BCUT2D eigenvalue weighted by atomic mass is 10.1. The molecule has 3 heteroatoms. The maximum absolute atomic E-state index is 4.31. The smallest absolute Gasteiger partial charge is 0.0964 e. The van der Waals surface area contributed by atoms with E-state index in [0.717, 1.165) is 19.5 Å². The first kappa shape index (κ1) is 7.10. The van der Waals surface area contributed by atoms with Gasteiger partial charge in [0.05, 0.1) is 6.17 Å². The number of nitrogens with one attached hydrogen (secondary N) is 1. The second kappa shape index (κ2) is 3.22. The van der Waals surface area contributed by atoms with Crippen molar-refractivity contribution in [2.45, 2.75) is 31.8 Å². The zero-order chi connectivity index (χ0) is 7.52. The molecule has 0 radical (unpaired) electrons. The summed E-state index contributed by atoms with van der Waals surface area (Å²) in [6.45, 7) is 2.27. The van der Waals surface area contributed by atoms with Gasteiger partial charge in [-0.1, -0.05) is 0 Å². The molecule has 1 fully saturated rings. The van der Waals surface area contributed by atoms with Crippen LogP contribution in [0.3, 0.4) is 0 Å². The van der Waals surface area contributed by atoms with Gasteiger partial charge >= 0.3 is 0 Å². The molecular weight excluding hydrogens is 138 g/mol. The van der Waals surface area contributed by atoms with E-state index in [2.05, 4.69) is 15.4 Å². The van der Waals surface area contributed by atoms with Crippen molar-refractivity contribution in [2.75, 3.05) is 13.1 Å². The third-order valence-electron chi connectivity index (χ3n) is 2.36. The van der Waals surface area contributed by atoms with Gasteiger partial charge < -0.3 is 0 Å². The second-order valence-electron chi connectivity index (χ2n) is 3.22. The number of nitrogens with zero attached hydrogens (tertiary/aromatic N) is 2. The fourth-order valence-corrected chi connectivity index (χ4v) is 1.73. The van der Waals surface area contributed by atoms with Crippen LogP contribution in [0.2, 0.25) is 0 Å². The Bertz CT molecular complexity index is 149. The third-order valence-corrected chi connectivity index (χ3v) is 2.36. The van der Waals surface area contributed by atoms with E-state index in [9.17, 15) is 0 Å². The predicted octanol–water partition coefficient (Wildman–Crippen LogP) is 0.777. The van der Waals surface area contributed by atoms with Crippen LogP contribution in [-0.2, 0) is 0 Å². The van der Waals surface area contributed by atoms with Crippen molar-refractivity contribution in [3.63, 3.8) is 0 Å². The first-order chi connectivity index (χ1) is 5.47. The van der Waals surface area contributed by atoms with Crippen LogP contribution in [0.15, 0.2) is 5.10 Å². The molecule has 2 aliphatic heterocycles. The summed E-state index contributed by atoms with van der Waals surface area (Å²) in [6.07, 6.45) is 7.60. The molecule has 62 valence electrons. The maximum Gasteiger partial charge on any atom is 0.0964 e. The molecular formula is C8H15N3. The highest BCUT2D eigenvalue weighted by Crippen LogP contribution is 2.13. The van der Waals surface area contributed by atoms with Gasteiger partial charge in [-0.15, -0.1) is 0 Å². The standard InChI is InChI=1S/C8H15N3/c1-2-5-9-8(4-1)11-7-3-6-10-11/h6,8-9H,1-5,7H2. The Morgan fingerprint density at radius 3 is 3.09 bits per heavy atom. The van der Waals surface area contributed by atoms with Crippen LogP contribution in [0.25, 0.3) is 0 Å². The number of piperidine rings is 1. The van der Waals surface area contributed by atoms with Gasteiger partial charge in [0.25, 0.3) is 0 Å². The first-order valence-electron chi connectivity index (χ1n) is 4.49. The molecule has 0 aromatic heterocycles. The minimum atomic E-state index is 0.530. The summed E-state index contributed by atoms with van der Waals surface area (Å²) in [6, 6.07) is 0. The van der Waals surface area contributed by atoms with Gasteiger partial charge in [-0.3, -0.25) is 10.3 Å². The number of rotatable bonds is 1. The Balaban J connectivity index is 1.87. The Labute approximate surface area is 67.5 Å². The van der Waals surface area contributed by atoms with Crippen LogP contribution in [0.1, 0.15) is 25.7 Å². The third kappa shape index (κ3) is 1.53. The molecule has 0 saturated carbocycles. The Hall–Kier alpha value is -0.570. The van der Waals surface area contributed by atoms with Crippen LogP contribution < -0.4 is 5.32 Å². The van der Waals surface area contributed by atoms with Crippen LogP contribution >= 0.6 is 0 Å². The molecule has 11 heavy (non-hydrogen) atoms. The average molecular weight is 153 g/mol. The van der Waals surface area contributed by atoms with Crippen molar-refractivity contribution in [2.24, 2.45) is 5.10 Å². The van der Waals surface area contributed by atoms with E-state index in [1.54, 1.807) is 0 Å². The van der Waals surface area contributed by atoms with Gasteiger partial charge in [-0.05, 0) is 25.8 Å². The highest BCUT2D eigenvalue weighted by molar-refractivity contribution is 5.58. The number of hydrogen-bond donors (Lipinski definition) is 1. The Kier molecular flexibility index (Phi) is 2.08. The van der Waals surface area contributed by atoms with Crippen molar-refractivity contribution < 1.29 is 0 Å². The lowest BCUT2D eigenvalue weighted by Gasteiger charge is -2.30. The molecule has 0 aromatic carbocycles.